The van der Waals surface area contributed by atoms with Crippen LogP contribution in [-0.4, -0.2) is 0 Å². The summed E-state index contributed by atoms with van der Waals surface area (Å²) in [7, 11) is 0. The van der Waals surface area contributed by atoms with E-state index in [-0.39, 0.29) is 0 Å². The summed E-state index contributed by atoms with van der Waals surface area (Å²) < 4.78 is 6.48. The molecule has 0 bridgehead atoms. The lowest BCUT2D eigenvalue weighted by molar-refractivity contribution is 0.445. The smallest absolute Gasteiger partial charge is 0.136 e. The molecule has 0 saturated heterocycles. The molecule has 0 spiro atoms. The van der Waals surface area contributed by atoms with Crippen LogP contribution in [0.2, 0.25) is 0 Å². The maximum Gasteiger partial charge on any atom is 0.136 e. The van der Waals surface area contributed by atoms with Gasteiger partial charge in [-0.15, -0.1) is 0 Å². The molecule has 1 aliphatic rings. The van der Waals surface area contributed by atoms with E-state index in [9.17, 15) is 0 Å². The molecule has 1 fully saturated rings. The molecule has 9 aromatic carbocycles. The van der Waals surface area contributed by atoms with Gasteiger partial charge in [-0.1, -0.05) is 189 Å². The van der Waals surface area contributed by atoms with Gasteiger partial charge in [0.05, 0.1) is 17.1 Å². The summed E-state index contributed by atoms with van der Waals surface area (Å²) in [5.74, 6) is 0.563. The zero-order chi connectivity index (χ0) is 39.8. The minimum absolute atomic E-state index is 0.563. The van der Waals surface area contributed by atoms with Gasteiger partial charge in [0.1, 0.15) is 11.2 Å². The van der Waals surface area contributed by atoms with Gasteiger partial charge in [-0.05, 0) is 99.3 Å². The monoisotopic (exact) mass is 771 g/mol. The largest absolute Gasteiger partial charge is 0.456 e. The number of hydrogen-bond acceptors (Lipinski definition) is 2. The summed E-state index contributed by atoms with van der Waals surface area (Å²) in [4.78, 5) is 2.53. The zero-order valence-electron chi connectivity index (χ0n) is 33.6. The topological polar surface area (TPSA) is 16.4 Å². The summed E-state index contributed by atoms with van der Waals surface area (Å²) in [6.45, 7) is 0. The highest BCUT2D eigenvalue weighted by Crippen LogP contribution is 2.51. The Bertz CT molecular complexity index is 3130. The van der Waals surface area contributed by atoms with E-state index >= 15 is 0 Å². The third-order valence-corrected chi connectivity index (χ3v) is 12.7. The lowest BCUT2D eigenvalue weighted by atomic mass is 9.80. The number of nitrogens with zero attached hydrogens (tertiary/aromatic N) is 1. The summed E-state index contributed by atoms with van der Waals surface area (Å²) >= 11 is 0. The van der Waals surface area contributed by atoms with Crippen LogP contribution in [0.25, 0.3) is 77.2 Å². The zero-order valence-corrected chi connectivity index (χ0v) is 33.6. The van der Waals surface area contributed by atoms with Crippen molar-refractivity contribution in [1.82, 2.24) is 0 Å². The Morgan fingerprint density at radius 1 is 0.367 bits per heavy atom. The molecule has 0 N–H and O–H groups in total. The quantitative estimate of drug-likeness (QED) is 0.153. The van der Waals surface area contributed by atoms with Gasteiger partial charge in [-0.2, -0.15) is 0 Å². The molecule has 2 heteroatoms. The maximum absolute atomic E-state index is 6.48. The van der Waals surface area contributed by atoms with E-state index in [0.29, 0.717) is 5.92 Å². The fourth-order valence-corrected chi connectivity index (χ4v) is 9.92. The average Bonchev–Trinajstić information content (AvgIpc) is 3.72. The first kappa shape index (κ1) is 36.0. The normalized spacial score (nSPS) is 13.3. The Morgan fingerprint density at radius 3 is 1.65 bits per heavy atom. The molecule has 288 valence electrons. The van der Waals surface area contributed by atoms with Gasteiger partial charge in [-0.3, -0.25) is 0 Å². The average molecular weight is 772 g/mol. The van der Waals surface area contributed by atoms with Crippen LogP contribution in [0.15, 0.2) is 211 Å². The second kappa shape index (κ2) is 15.5. The van der Waals surface area contributed by atoms with Crippen LogP contribution in [0.3, 0.4) is 0 Å². The van der Waals surface area contributed by atoms with E-state index in [1.54, 1.807) is 0 Å². The number of fused-ring (bicyclic) bond motifs is 4. The SMILES string of the molecule is c1ccc(-c2ccc(N(c3ccccc3-c3cccc4cccc(C5CCCCC5)c34)c3ccccc3-c3cccc4oc5ccccc5c34)c(-c3ccccc3)c2)cc1. The predicted molar refractivity (Wildman–Crippen MR) is 253 cm³/mol. The predicted octanol–water partition coefficient (Wildman–Crippen LogP) is 16.9. The Kier molecular flexibility index (Phi) is 9.32. The van der Waals surface area contributed by atoms with Crippen molar-refractivity contribution in [1.29, 1.82) is 0 Å². The van der Waals surface area contributed by atoms with E-state index < -0.39 is 0 Å². The molecule has 2 nitrogen and oxygen atoms in total. The Morgan fingerprint density at radius 2 is 0.917 bits per heavy atom. The van der Waals surface area contributed by atoms with E-state index in [4.69, 9.17) is 4.42 Å². The molecular weight excluding hydrogens is 727 g/mol. The molecule has 10 aromatic rings. The Hall–Kier alpha value is -7.16. The van der Waals surface area contributed by atoms with Crippen LogP contribution >= 0.6 is 0 Å². The van der Waals surface area contributed by atoms with Crippen LogP contribution in [0.4, 0.5) is 17.1 Å². The molecule has 1 aromatic heterocycles. The standard InChI is InChI=1S/C58H45NO/c1-4-19-40(20-5-1)44-37-38-54(51(39-44)42-23-8-3-9-24-42)59(53-34-14-11-28-47(53)49-32-18-36-56-58(49)50-29-12-15-35-55(50)60-56)52-33-13-10-27-46(52)48-31-17-26-43-25-16-30-45(57(43)48)41-21-6-2-7-22-41/h1,3-5,8-20,23-39,41H,2,6-7,21-22H2. The van der Waals surface area contributed by atoms with Crippen molar-refractivity contribution in [3.8, 4) is 44.5 Å². The summed E-state index contributed by atoms with van der Waals surface area (Å²) in [5, 5.41) is 4.92. The van der Waals surface area contributed by atoms with Crippen LogP contribution in [0.5, 0.6) is 0 Å². The van der Waals surface area contributed by atoms with Crippen molar-refractivity contribution >= 4 is 49.8 Å². The van der Waals surface area contributed by atoms with Crippen molar-refractivity contribution in [2.24, 2.45) is 0 Å². The lowest BCUT2D eigenvalue weighted by Gasteiger charge is -2.32. The molecular formula is C58H45NO. The number of rotatable bonds is 8. The fourth-order valence-electron chi connectivity index (χ4n) is 9.92. The van der Waals surface area contributed by atoms with Crippen LogP contribution < -0.4 is 4.90 Å². The van der Waals surface area contributed by atoms with E-state index in [1.807, 2.05) is 6.07 Å². The minimum Gasteiger partial charge on any atom is -0.456 e. The molecule has 11 rings (SSSR count). The van der Waals surface area contributed by atoms with Gasteiger partial charge in [0.15, 0.2) is 0 Å². The highest BCUT2D eigenvalue weighted by atomic mass is 16.3. The van der Waals surface area contributed by atoms with Crippen molar-refractivity contribution in [2.45, 2.75) is 38.0 Å². The van der Waals surface area contributed by atoms with Crippen molar-refractivity contribution in [3.63, 3.8) is 0 Å². The maximum atomic E-state index is 6.48. The van der Waals surface area contributed by atoms with Gasteiger partial charge < -0.3 is 9.32 Å². The minimum atomic E-state index is 0.563. The van der Waals surface area contributed by atoms with E-state index in [0.717, 1.165) is 61.3 Å². The number of anilines is 3. The van der Waals surface area contributed by atoms with Gasteiger partial charge in [-0.25, -0.2) is 0 Å². The number of hydrogen-bond donors (Lipinski definition) is 0. The first-order valence-electron chi connectivity index (χ1n) is 21.5. The summed E-state index contributed by atoms with van der Waals surface area (Å²) in [6.07, 6.45) is 6.42. The van der Waals surface area contributed by atoms with E-state index in [2.05, 4.69) is 205 Å². The van der Waals surface area contributed by atoms with Crippen LogP contribution in [0.1, 0.15) is 43.6 Å². The molecule has 0 radical (unpaired) electrons. The molecule has 0 amide bonds. The third-order valence-electron chi connectivity index (χ3n) is 12.7. The van der Waals surface area contributed by atoms with E-state index in [1.165, 1.54) is 70.7 Å². The molecule has 0 aliphatic heterocycles. The van der Waals surface area contributed by atoms with Crippen molar-refractivity contribution in [2.75, 3.05) is 4.90 Å². The molecule has 0 atom stereocenters. The fraction of sp³-hybridized carbons (Fsp3) is 0.103. The lowest BCUT2D eigenvalue weighted by Crippen LogP contribution is -2.14. The second-order valence-electron chi connectivity index (χ2n) is 16.2. The summed E-state index contributed by atoms with van der Waals surface area (Å²) in [5.41, 5.74) is 16.1. The van der Waals surface area contributed by atoms with Gasteiger partial charge >= 0.3 is 0 Å². The molecule has 0 unspecified atom stereocenters. The Labute approximate surface area is 352 Å². The third kappa shape index (κ3) is 6.37. The molecule has 1 saturated carbocycles. The van der Waals surface area contributed by atoms with Gasteiger partial charge in [0, 0.05) is 27.5 Å². The van der Waals surface area contributed by atoms with Crippen molar-refractivity contribution in [3.05, 3.63) is 212 Å². The van der Waals surface area contributed by atoms with Crippen LogP contribution in [0, 0.1) is 0 Å². The number of furan rings is 1. The number of para-hydroxylation sites is 3. The first-order valence-corrected chi connectivity index (χ1v) is 21.5. The highest BCUT2D eigenvalue weighted by Gasteiger charge is 2.26. The van der Waals surface area contributed by atoms with Gasteiger partial charge in [0.2, 0.25) is 0 Å². The molecule has 1 aliphatic carbocycles. The van der Waals surface area contributed by atoms with Crippen molar-refractivity contribution < 1.29 is 4.42 Å². The number of benzene rings is 9. The second-order valence-corrected chi connectivity index (χ2v) is 16.2. The van der Waals surface area contributed by atoms with Gasteiger partial charge in [0.25, 0.3) is 0 Å². The Balaban J connectivity index is 1.22. The van der Waals surface area contributed by atoms with Crippen LogP contribution in [-0.2, 0) is 0 Å². The summed E-state index contributed by atoms with van der Waals surface area (Å²) in [6, 6.07) is 75.3. The first-order chi connectivity index (χ1) is 29.8. The molecule has 1 heterocycles. The molecule has 60 heavy (non-hydrogen) atoms. The highest BCUT2D eigenvalue weighted by molar-refractivity contribution is 6.14.